The van der Waals surface area contributed by atoms with Crippen LogP contribution in [0.3, 0.4) is 0 Å². The molecule has 0 radical (unpaired) electrons. The Labute approximate surface area is 125 Å². The molecule has 3 N–H and O–H groups in total. The molecule has 0 fully saturated rings. The summed E-state index contributed by atoms with van der Waals surface area (Å²) in [7, 11) is 0. The van der Waals surface area contributed by atoms with E-state index in [1.54, 1.807) is 6.92 Å². The SMILES string of the molecule is Cc1nc(C)c(C(C)NC(=O)c2cc(F)cc(N)c2F)s1. The fourth-order valence-corrected chi connectivity index (χ4v) is 2.99. The van der Waals surface area contributed by atoms with Gasteiger partial charge in [-0.2, -0.15) is 0 Å². The van der Waals surface area contributed by atoms with Crippen LogP contribution < -0.4 is 11.1 Å². The highest BCUT2D eigenvalue weighted by molar-refractivity contribution is 7.11. The van der Waals surface area contributed by atoms with E-state index in [9.17, 15) is 13.6 Å². The Kier molecular flexibility index (Phi) is 4.22. The number of halogens is 2. The lowest BCUT2D eigenvalue weighted by Crippen LogP contribution is -2.27. The van der Waals surface area contributed by atoms with E-state index in [1.807, 2.05) is 13.8 Å². The van der Waals surface area contributed by atoms with Gasteiger partial charge in [-0.3, -0.25) is 4.79 Å². The first kappa shape index (κ1) is 15.4. The average molecular weight is 311 g/mol. The summed E-state index contributed by atoms with van der Waals surface area (Å²) in [6, 6.07) is 1.32. The van der Waals surface area contributed by atoms with Crippen molar-refractivity contribution in [2.45, 2.75) is 26.8 Å². The summed E-state index contributed by atoms with van der Waals surface area (Å²) in [6.07, 6.45) is 0. The third-order valence-electron chi connectivity index (χ3n) is 2.99. The maximum atomic E-state index is 13.8. The number of thiazole rings is 1. The molecule has 112 valence electrons. The Balaban J connectivity index is 2.24. The highest BCUT2D eigenvalue weighted by Gasteiger charge is 2.20. The minimum Gasteiger partial charge on any atom is -0.396 e. The van der Waals surface area contributed by atoms with Gasteiger partial charge in [0.2, 0.25) is 0 Å². The number of aryl methyl sites for hydroxylation is 2. The first-order valence-electron chi connectivity index (χ1n) is 6.29. The number of amides is 1. The molecule has 1 aromatic carbocycles. The predicted octanol–water partition coefficient (Wildman–Crippen LogP) is 3.11. The standard InChI is InChI=1S/C14H15F2N3OS/c1-6-13(21-8(3)18-6)7(2)19-14(20)10-4-9(15)5-11(17)12(10)16/h4-5,7H,17H2,1-3H3,(H,19,20). The summed E-state index contributed by atoms with van der Waals surface area (Å²) in [4.78, 5) is 17.2. The van der Waals surface area contributed by atoms with Gasteiger partial charge in [0.25, 0.3) is 5.91 Å². The van der Waals surface area contributed by atoms with Crippen molar-refractivity contribution < 1.29 is 13.6 Å². The highest BCUT2D eigenvalue weighted by atomic mass is 32.1. The molecule has 0 aliphatic rings. The van der Waals surface area contributed by atoms with E-state index in [0.717, 1.165) is 27.7 Å². The number of anilines is 1. The van der Waals surface area contributed by atoms with Gasteiger partial charge in [0, 0.05) is 4.88 Å². The lowest BCUT2D eigenvalue weighted by Gasteiger charge is -2.14. The Hall–Kier alpha value is -2.02. The van der Waals surface area contributed by atoms with Crippen molar-refractivity contribution >= 4 is 22.9 Å². The van der Waals surface area contributed by atoms with Crippen LogP contribution in [0, 0.1) is 25.5 Å². The second-order valence-corrected chi connectivity index (χ2v) is 5.97. The molecule has 7 heteroatoms. The Bertz CT molecular complexity index is 700. The number of nitrogens with zero attached hydrogens (tertiary/aromatic N) is 1. The van der Waals surface area contributed by atoms with Crippen LogP contribution in [0.1, 0.15) is 38.9 Å². The molecule has 1 heterocycles. The Morgan fingerprint density at radius 2 is 2.05 bits per heavy atom. The van der Waals surface area contributed by atoms with Crippen molar-refractivity contribution in [2.24, 2.45) is 0 Å². The molecule has 0 saturated heterocycles. The largest absolute Gasteiger partial charge is 0.396 e. The molecule has 4 nitrogen and oxygen atoms in total. The summed E-state index contributed by atoms with van der Waals surface area (Å²) in [5.74, 6) is -2.38. The Morgan fingerprint density at radius 3 is 2.62 bits per heavy atom. The van der Waals surface area contributed by atoms with Gasteiger partial charge in [0.15, 0.2) is 5.82 Å². The fourth-order valence-electron chi connectivity index (χ4n) is 2.06. The topological polar surface area (TPSA) is 68.0 Å². The molecule has 1 aromatic heterocycles. The molecule has 1 unspecified atom stereocenters. The van der Waals surface area contributed by atoms with E-state index >= 15 is 0 Å². The number of aromatic nitrogens is 1. The lowest BCUT2D eigenvalue weighted by molar-refractivity contribution is 0.0936. The minimum absolute atomic E-state index is 0.354. The van der Waals surface area contributed by atoms with Crippen LogP contribution in [0.4, 0.5) is 14.5 Å². The molecule has 0 bridgehead atoms. The molecule has 2 rings (SSSR count). The number of rotatable bonds is 3. The maximum absolute atomic E-state index is 13.8. The van der Waals surface area contributed by atoms with Gasteiger partial charge >= 0.3 is 0 Å². The first-order chi connectivity index (χ1) is 9.79. The van der Waals surface area contributed by atoms with Crippen molar-refractivity contribution in [2.75, 3.05) is 5.73 Å². The molecule has 0 aliphatic carbocycles. The van der Waals surface area contributed by atoms with Gasteiger partial charge in [-0.15, -0.1) is 11.3 Å². The van der Waals surface area contributed by atoms with E-state index in [2.05, 4.69) is 10.3 Å². The van der Waals surface area contributed by atoms with Crippen molar-refractivity contribution in [3.8, 4) is 0 Å². The van der Waals surface area contributed by atoms with E-state index < -0.39 is 28.8 Å². The molecule has 0 saturated carbocycles. The summed E-state index contributed by atoms with van der Waals surface area (Å²) < 4.78 is 27.1. The number of nitrogen functional groups attached to an aromatic ring is 1. The number of benzene rings is 1. The second-order valence-electron chi connectivity index (χ2n) is 4.73. The number of hydrogen-bond acceptors (Lipinski definition) is 4. The van der Waals surface area contributed by atoms with Crippen LogP contribution in [-0.2, 0) is 0 Å². The third kappa shape index (κ3) is 3.18. The highest BCUT2D eigenvalue weighted by Crippen LogP contribution is 2.25. The molecular formula is C14H15F2N3OS. The monoisotopic (exact) mass is 311 g/mol. The van der Waals surface area contributed by atoms with Gasteiger partial charge in [0.1, 0.15) is 5.82 Å². The van der Waals surface area contributed by atoms with Crippen LogP contribution in [0.25, 0.3) is 0 Å². The lowest BCUT2D eigenvalue weighted by atomic mass is 10.1. The van der Waals surface area contributed by atoms with Gasteiger partial charge in [-0.05, 0) is 32.9 Å². The van der Waals surface area contributed by atoms with Crippen molar-refractivity contribution in [3.05, 3.63) is 44.9 Å². The van der Waals surface area contributed by atoms with Crippen LogP contribution in [0.5, 0.6) is 0 Å². The van der Waals surface area contributed by atoms with Crippen LogP contribution in [-0.4, -0.2) is 10.9 Å². The Morgan fingerprint density at radius 1 is 1.38 bits per heavy atom. The van der Waals surface area contributed by atoms with Crippen LogP contribution in [0.2, 0.25) is 0 Å². The normalized spacial score (nSPS) is 12.2. The van der Waals surface area contributed by atoms with E-state index in [4.69, 9.17) is 5.73 Å². The van der Waals surface area contributed by atoms with Gasteiger partial charge in [0.05, 0.1) is 28.0 Å². The summed E-state index contributed by atoms with van der Waals surface area (Å²) >= 11 is 1.45. The minimum atomic E-state index is -0.918. The fraction of sp³-hybridized carbons (Fsp3) is 0.286. The zero-order valence-corrected chi connectivity index (χ0v) is 12.6. The van der Waals surface area contributed by atoms with Crippen molar-refractivity contribution in [3.63, 3.8) is 0 Å². The van der Waals surface area contributed by atoms with Gasteiger partial charge in [-0.25, -0.2) is 13.8 Å². The maximum Gasteiger partial charge on any atom is 0.254 e. The second kappa shape index (κ2) is 5.77. The molecule has 0 aliphatic heterocycles. The van der Waals surface area contributed by atoms with Gasteiger partial charge < -0.3 is 11.1 Å². The quantitative estimate of drug-likeness (QED) is 0.856. The summed E-state index contributed by atoms with van der Waals surface area (Å²) in [5.41, 5.74) is 5.34. The first-order valence-corrected chi connectivity index (χ1v) is 7.10. The molecular weight excluding hydrogens is 296 g/mol. The molecule has 21 heavy (non-hydrogen) atoms. The molecule has 2 aromatic rings. The predicted molar refractivity (Wildman–Crippen MR) is 78.2 cm³/mol. The van der Waals surface area contributed by atoms with Gasteiger partial charge in [-0.1, -0.05) is 0 Å². The smallest absolute Gasteiger partial charge is 0.254 e. The summed E-state index contributed by atoms with van der Waals surface area (Å²) in [5, 5.41) is 3.51. The zero-order valence-electron chi connectivity index (χ0n) is 11.8. The van der Waals surface area contributed by atoms with Crippen LogP contribution >= 0.6 is 11.3 Å². The number of nitrogens with one attached hydrogen (secondary N) is 1. The average Bonchev–Trinajstić information content (AvgIpc) is 2.72. The summed E-state index contributed by atoms with van der Waals surface area (Å²) in [6.45, 7) is 5.46. The number of hydrogen-bond donors (Lipinski definition) is 2. The number of nitrogens with two attached hydrogens (primary N) is 1. The molecule has 1 atom stereocenters. The number of carbonyl (C=O) groups excluding carboxylic acids is 1. The van der Waals surface area contributed by atoms with E-state index in [-0.39, 0.29) is 6.04 Å². The van der Waals surface area contributed by atoms with E-state index in [1.165, 1.54) is 11.3 Å². The van der Waals surface area contributed by atoms with E-state index in [0.29, 0.717) is 0 Å². The van der Waals surface area contributed by atoms with Crippen molar-refractivity contribution in [1.82, 2.24) is 10.3 Å². The molecule has 0 spiro atoms. The number of carbonyl (C=O) groups is 1. The third-order valence-corrected chi connectivity index (χ3v) is 4.25. The zero-order chi connectivity index (χ0) is 15.7. The van der Waals surface area contributed by atoms with Crippen LogP contribution in [0.15, 0.2) is 12.1 Å². The van der Waals surface area contributed by atoms with Crippen molar-refractivity contribution in [1.29, 1.82) is 0 Å². The molecule has 1 amide bonds.